The molecule has 1 heterocycles. The van der Waals surface area contributed by atoms with Crippen LogP contribution in [0.5, 0.6) is 0 Å². The summed E-state index contributed by atoms with van der Waals surface area (Å²) in [6.45, 7) is 3.95. The highest BCUT2D eigenvalue weighted by Crippen LogP contribution is 2.22. The maximum atomic E-state index is 5.97. The fraction of sp³-hybridized carbons (Fsp3) is 0.600. The Kier molecular flexibility index (Phi) is 4.32. The topological polar surface area (TPSA) is 38.5 Å². The number of ether oxygens (including phenoxy) is 1. The zero-order valence-corrected chi connectivity index (χ0v) is 12.3. The van der Waals surface area contributed by atoms with Crippen LogP contribution in [0.3, 0.4) is 0 Å². The molecular weight excluding hydrogens is 238 g/mol. The molecule has 0 bridgehead atoms. The standard InChI is InChI=1S/C15H26N3O/c1-18(2,3)10-11-19-15-8-9-17(12-15)14-6-4-13(16)5-7-14/h4-7,15H,8-12,16H2,1-3H3/q+1. The van der Waals surface area contributed by atoms with E-state index in [1.54, 1.807) is 0 Å². The van der Waals surface area contributed by atoms with E-state index in [0.29, 0.717) is 6.10 Å². The number of rotatable bonds is 5. The number of nitrogen functional groups attached to an aromatic ring is 1. The van der Waals surface area contributed by atoms with E-state index in [1.807, 2.05) is 12.1 Å². The Morgan fingerprint density at radius 2 is 1.95 bits per heavy atom. The van der Waals surface area contributed by atoms with Crippen molar-refractivity contribution in [2.45, 2.75) is 12.5 Å². The number of hydrogen-bond acceptors (Lipinski definition) is 3. The largest absolute Gasteiger partial charge is 0.399 e. The average Bonchev–Trinajstić information content (AvgIpc) is 2.77. The smallest absolute Gasteiger partial charge is 0.102 e. The minimum absolute atomic E-state index is 0.365. The van der Waals surface area contributed by atoms with Gasteiger partial charge in [-0.3, -0.25) is 0 Å². The van der Waals surface area contributed by atoms with E-state index in [1.165, 1.54) is 5.69 Å². The third-order valence-electron chi connectivity index (χ3n) is 3.52. The van der Waals surface area contributed by atoms with Crippen LogP contribution in [0.1, 0.15) is 6.42 Å². The van der Waals surface area contributed by atoms with Gasteiger partial charge < -0.3 is 19.9 Å². The zero-order valence-electron chi connectivity index (χ0n) is 12.3. The third kappa shape index (κ3) is 4.40. The number of nitrogens with two attached hydrogens (primary N) is 1. The Morgan fingerprint density at radius 3 is 2.58 bits per heavy atom. The quantitative estimate of drug-likeness (QED) is 0.648. The molecule has 1 aromatic carbocycles. The van der Waals surface area contributed by atoms with Gasteiger partial charge in [0.1, 0.15) is 6.54 Å². The van der Waals surface area contributed by atoms with Gasteiger partial charge in [0.15, 0.2) is 0 Å². The van der Waals surface area contributed by atoms with Crippen molar-refractivity contribution in [1.29, 1.82) is 0 Å². The second kappa shape index (κ2) is 5.80. The van der Waals surface area contributed by atoms with Crippen molar-refractivity contribution in [1.82, 2.24) is 0 Å². The number of nitrogens with zero attached hydrogens (tertiary/aromatic N) is 2. The lowest BCUT2D eigenvalue weighted by atomic mass is 10.2. The van der Waals surface area contributed by atoms with Crippen LogP contribution in [0.15, 0.2) is 24.3 Å². The molecule has 0 radical (unpaired) electrons. The Hall–Kier alpha value is -1.26. The lowest BCUT2D eigenvalue weighted by Crippen LogP contribution is -2.38. The van der Waals surface area contributed by atoms with Crippen molar-refractivity contribution in [3.05, 3.63) is 24.3 Å². The second-order valence-corrected chi connectivity index (χ2v) is 6.33. The summed E-state index contributed by atoms with van der Waals surface area (Å²) in [6.07, 6.45) is 1.48. The molecule has 0 amide bonds. The molecule has 4 nitrogen and oxygen atoms in total. The molecule has 19 heavy (non-hydrogen) atoms. The van der Waals surface area contributed by atoms with Crippen molar-refractivity contribution in [2.24, 2.45) is 0 Å². The molecule has 1 fully saturated rings. The van der Waals surface area contributed by atoms with Crippen LogP contribution in [0.4, 0.5) is 11.4 Å². The number of hydrogen-bond donors (Lipinski definition) is 1. The van der Waals surface area contributed by atoms with Gasteiger partial charge >= 0.3 is 0 Å². The molecule has 0 aromatic heterocycles. The van der Waals surface area contributed by atoms with E-state index in [0.717, 1.165) is 42.8 Å². The number of benzene rings is 1. The summed E-state index contributed by atoms with van der Waals surface area (Å²) in [7, 11) is 6.58. The molecule has 4 heteroatoms. The van der Waals surface area contributed by atoms with Gasteiger partial charge in [-0.25, -0.2) is 0 Å². The number of anilines is 2. The summed E-state index contributed by atoms with van der Waals surface area (Å²) in [5, 5.41) is 0. The molecule has 1 unspecified atom stereocenters. The highest BCUT2D eigenvalue weighted by molar-refractivity contribution is 5.53. The predicted octanol–water partition coefficient (Wildman–Crippen LogP) is 1.57. The van der Waals surface area contributed by atoms with E-state index < -0.39 is 0 Å². The van der Waals surface area contributed by atoms with Crippen LogP contribution in [-0.4, -0.2) is 58.0 Å². The lowest BCUT2D eigenvalue weighted by molar-refractivity contribution is -0.870. The molecule has 106 valence electrons. The Balaban J connectivity index is 1.78. The van der Waals surface area contributed by atoms with Crippen molar-refractivity contribution in [3.8, 4) is 0 Å². The van der Waals surface area contributed by atoms with Crippen LogP contribution in [0.25, 0.3) is 0 Å². The molecule has 2 rings (SSSR count). The summed E-state index contributed by atoms with van der Waals surface area (Å²) >= 11 is 0. The van der Waals surface area contributed by atoms with Crippen molar-refractivity contribution >= 4 is 11.4 Å². The van der Waals surface area contributed by atoms with Gasteiger partial charge in [-0.1, -0.05) is 0 Å². The van der Waals surface area contributed by atoms with Crippen molar-refractivity contribution in [2.75, 3.05) is 58.0 Å². The van der Waals surface area contributed by atoms with E-state index >= 15 is 0 Å². The maximum absolute atomic E-state index is 5.97. The Bertz CT molecular complexity index is 397. The van der Waals surface area contributed by atoms with E-state index in [2.05, 4.69) is 38.2 Å². The first-order valence-corrected chi connectivity index (χ1v) is 6.96. The van der Waals surface area contributed by atoms with Crippen LogP contribution >= 0.6 is 0 Å². The Labute approximate surface area is 116 Å². The minimum atomic E-state index is 0.365. The van der Waals surface area contributed by atoms with Gasteiger partial charge in [-0.2, -0.15) is 0 Å². The van der Waals surface area contributed by atoms with Crippen LogP contribution < -0.4 is 10.6 Å². The molecule has 0 saturated carbocycles. The van der Waals surface area contributed by atoms with E-state index in [4.69, 9.17) is 10.5 Å². The Morgan fingerprint density at radius 1 is 1.26 bits per heavy atom. The molecule has 2 N–H and O–H groups in total. The monoisotopic (exact) mass is 264 g/mol. The van der Waals surface area contributed by atoms with Crippen LogP contribution in [-0.2, 0) is 4.74 Å². The lowest BCUT2D eigenvalue weighted by Gasteiger charge is -2.24. The van der Waals surface area contributed by atoms with Gasteiger partial charge in [0.25, 0.3) is 0 Å². The van der Waals surface area contributed by atoms with Gasteiger partial charge in [0.2, 0.25) is 0 Å². The van der Waals surface area contributed by atoms with Crippen molar-refractivity contribution in [3.63, 3.8) is 0 Å². The molecule has 1 aliphatic heterocycles. The molecule has 0 spiro atoms. The summed E-state index contributed by atoms with van der Waals surface area (Å²) in [5.74, 6) is 0. The van der Waals surface area contributed by atoms with Crippen LogP contribution in [0, 0.1) is 0 Å². The summed E-state index contributed by atoms with van der Waals surface area (Å²) < 4.78 is 6.93. The van der Waals surface area contributed by atoms with E-state index in [9.17, 15) is 0 Å². The maximum Gasteiger partial charge on any atom is 0.102 e. The van der Waals surface area contributed by atoms with Crippen molar-refractivity contribution < 1.29 is 9.22 Å². The fourth-order valence-corrected chi connectivity index (χ4v) is 2.28. The SMILES string of the molecule is C[N+](C)(C)CCOC1CCN(c2ccc(N)cc2)C1. The summed E-state index contributed by atoms with van der Waals surface area (Å²) in [5.41, 5.74) is 7.77. The van der Waals surface area contributed by atoms with Gasteiger partial charge in [0, 0.05) is 24.5 Å². The number of quaternary nitrogens is 1. The second-order valence-electron chi connectivity index (χ2n) is 6.33. The first-order chi connectivity index (χ1) is 8.94. The molecule has 0 aliphatic carbocycles. The van der Waals surface area contributed by atoms with Gasteiger partial charge in [-0.05, 0) is 30.7 Å². The number of likely N-dealkylation sites (N-methyl/N-ethyl adjacent to an activating group) is 1. The van der Waals surface area contributed by atoms with E-state index in [-0.39, 0.29) is 0 Å². The highest BCUT2D eigenvalue weighted by Gasteiger charge is 2.23. The molecule has 1 saturated heterocycles. The first-order valence-electron chi connectivity index (χ1n) is 6.96. The first kappa shape index (κ1) is 14.2. The predicted molar refractivity (Wildman–Crippen MR) is 80.3 cm³/mol. The normalized spacial score (nSPS) is 19.9. The minimum Gasteiger partial charge on any atom is -0.399 e. The van der Waals surface area contributed by atoms with Gasteiger partial charge in [0.05, 0.1) is 33.9 Å². The highest BCUT2D eigenvalue weighted by atomic mass is 16.5. The average molecular weight is 264 g/mol. The molecule has 1 atom stereocenters. The fourth-order valence-electron chi connectivity index (χ4n) is 2.28. The molecular formula is C15H26N3O+. The summed E-state index contributed by atoms with van der Waals surface area (Å²) in [4.78, 5) is 2.37. The third-order valence-corrected chi connectivity index (χ3v) is 3.52. The zero-order chi connectivity index (χ0) is 13.9. The van der Waals surface area contributed by atoms with Crippen LogP contribution in [0.2, 0.25) is 0 Å². The molecule has 1 aliphatic rings. The summed E-state index contributed by atoms with van der Waals surface area (Å²) in [6, 6.07) is 8.09. The van der Waals surface area contributed by atoms with Gasteiger partial charge in [-0.15, -0.1) is 0 Å². The molecule has 1 aromatic rings.